The van der Waals surface area contributed by atoms with Crippen LogP contribution in [0.4, 0.5) is 5.69 Å². The van der Waals surface area contributed by atoms with E-state index in [-0.39, 0.29) is 5.84 Å². The van der Waals surface area contributed by atoms with E-state index in [1.165, 1.54) is 25.7 Å². The molecule has 1 fully saturated rings. The normalized spacial score (nSPS) is 15.9. The minimum absolute atomic E-state index is 0.135. The van der Waals surface area contributed by atoms with Gasteiger partial charge in [0.05, 0.1) is 0 Å². The van der Waals surface area contributed by atoms with Crippen molar-refractivity contribution in [3.05, 3.63) is 28.2 Å². The Hall–Kier alpha value is -1.03. The summed E-state index contributed by atoms with van der Waals surface area (Å²) in [4.78, 5) is 2.23. The Morgan fingerprint density at radius 2 is 2.11 bits per heavy atom. The van der Waals surface area contributed by atoms with Crippen LogP contribution < -0.4 is 10.6 Å². The minimum atomic E-state index is 0.135. The van der Waals surface area contributed by atoms with Gasteiger partial charge in [0.25, 0.3) is 0 Å². The molecule has 0 bridgehead atoms. The summed E-state index contributed by atoms with van der Waals surface area (Å²) in [6.07, 6.45) is 5.37. The molecule has 1 saturated carbocycles. The van der Waals surface area contributed by atoms with Crippen LogP contribution in [0.25, 0.3) is 0 Å². The molecule has 1 aliphatic carbocycles. The molecule has 98 valence electrons. The quantitative estimate of drug-likeness (QED) is 0.662. The van der Waals surface area contributed by atoms with Crippen molar-refractivity contribution >= 4 is 27.5 Å². The summed E-state index contributed by atoms with van der Waals surface area (Å²) in [5.41, 5.74) is 7.52. The maximum absolute atomic E-state index is 7.66. The van der Waals surface area contributed by atoms with Gasteiger partial charge in [-0.15, -0.1) is 0 Å². The summed E-state index contributed by atoms with van der Waals surface area (Å²) in [6, 6.07) is 5.89. The second-order valence-electron chi connectivity index (χ2n) is 5.11. The summed E-state index contributed by atoms with van der Waals surface area (Å²) in [6.45, 7) is 1.05. The van der Waals surface area contributed by atoms with E-state index in [1.54, 1.807) is 0 Å². The fourth-order valence-corrected chi connectivity index (χ4v) is 3.08. The third kappa shape index (κ3) is 3.05. The first-order valence-electron chi connectivity index (χ1n) is 6.43. The molecule has 0 amide bonds. The first-order valence-corrected chi connectivity index (χ1v) is 7.22. The van der Waals surface area contributed by atoms with E-state index < -0.39 is 0 Å². The number of halogens is 1. The van der Waals surface area contributed by atoms with Gasteiger partial charge in [0.2, 0.25) is 0 Å². The van der Waals surface area contributed by atoms with E-state index in [0.29, 0.717) is 0 Å². The molecule has 4 heteroatoms. The molecule has 0 saturated heterocycles. The largest absolute Gasteiger partial charge is 0.384 e. The predicted molar refractivity (Wildman–Crippen MR) is 80.4 cm³/mol. The zero-order valence-electron chi connectivity index (χ0n) is 10.7. The zero-order valence-corrected chi connectivity index (χ0v) is 12.3. The minimum Gasteiger partial charge on any atom is -0.384 e. The van der Waals surface area contributed by atoms with Gasteiger partial charge in [-0.3, -0.25) is 5.41 Å². The molecule has 0 spiro atoms. The Bertz CT molecular complexity index is 439. The van der Waals surface area contributed by atoms with Crippen LogP contribution in [-0.4, -0.2) is 19.4 Å². The lowest BCUT2D eigenvalue weighted by Crippen LogP contribution is -2.27. The standard InChI is InChI=1S/C14H20BrN3/c1-18(9-10-4-2-3-5-10)13-8-11(15)6-7-12(13)14(16)17/h6-8,10H,2-5,9H2,1H3,(H3,16,17). The fourth-order valence-electron chi connectivity index (χ4n) is 2.73. The predicted octanol–water partition coefficient (Wildman–Crippen LogP) is 3.36. The number of hydrogen-bond donors (Lipinski definition) is 2. The molecule has 18 heavy (non-hydrogen) atoms. The van der Waals surface area contributed by atoms with Crippen LogP contribution in [0.5, 0.6) is 0 Å². The Labute approximate surface area is 117 Å². The topological polar surface area (TPSA) is 53.1 Å². The van der Waals surface area contributed by atoms with Crippen molar-refractivity contribution in [3.63, 3.8) is 0 Å². The van der Waals surface area contributed by atoms with Gasteiger partial charge in [-0.25, -0.2) is 0 Å². The van der Waals surface area contributed by atoms with Crippen molar-refractivity contribution in [2.45, 2.75) is 25.7 Å². The van der Waals surface area contributed by atoms with Crippen molar-refractivity contribution in [2.75, 3.05) is 18.5 Å². The first-order chi connectivity index (χ1) is 8.58. The van der Waals surface area contributed by atoms with Gasteiger partial charge in [0, 0.05) is 29.3 Å². The van der Waals surface area contributed by atoms with Crippen molar-refractivity contribution in [2.24, 2.45) is 11.7 Å². The van der Waals surface area contributed by atoms with Gasteiger partial charge in [-0.1, -0.05) is 28.8 Å². The molecule has 3 nitrogen and oxygen atoms in total. The van der Waals surface area contributed by atoms with E-state index in [9.17, 15) is 0 Å². The van der Waals surface area contributed by atoms with Crippen LogP contribution >= 0.6 is 15.9 Å². The van der Waals surface area contributed by atoms with Crippen LogP contribution in [0.3, 0.4) is 0 Å². The summed E-state index contributed by atoms with van der Waals surface area (Å²) in [5, 5.41) is 7.66. The average molecular weight is 310 g/mol. The highest BCUT2D eigenvalue weighted by Gasteiger charge is 2.19. The number of nitrogens with two attached hydrogens (primary N) is 1. The Kier molecular flexibility index (Phi) is 4.27. The SMILES string of the molecule is CN(CC1CCCC1)c1cc(Br)ccc1C(=N)N. The first kappa shape index (κ1) is 13.4. The molecule has 0 aliphatic heterocycles. The molecular formula is C14H20BrN3. The number of benzene rings is 1. The molecule has 3 N–H and O–H groups in total. The van der Waals surface area contributed by atoms with Gasteiger partial charge in [-0.05, 0) is 37.0 Å². The van der Waals surface area contributed by atoms with Crippen molar-refractivity contribution in [3.8, 4) is 0 Å². The number of nitrogens with one attached hydrogen (secondary N) is 1. The van der Waals surface area contributed by atoms with Crippen LogP contribution in [0.15, 0.2) is 22.7 Å². The number of anilines is 1. The van der Waals surface area contributed by atoms with Crippen LogP contribution in [0.2, 0.25) is 0 Å². The maximum Gasteiger partial charge on any atom is 0.124 e. The summed E-state index contributed by atoms with van der Waals surface area (Å²) >= 11 is 3.49. The lowest BCUT2D eigenvalue weighted by Gasteiger charge is -2.25. The third-order valence-corrected chi connectivity index (χ3v) is 4.16. The fraction of sp³-hybridized carbons (Fsp3) is 0.500. The number of rotatable bonds is 4. The van der Waals surface area contributed by atoms with E-state index in [4.69, 9.17) is 11.1 Å². The second-order valence-corrected chi connectivity index (χ2v) is 6.02. The number of nitrogen functional groups attached to an aromatic ring is 1. The summed E-state index contributed by atoms with van der Waals surface area (Å²) in [7, 11) is 2.09. The van der Waals surface area contributed by atoms with Gasteiger partial charge in [-0.2, -0.15) is 0 Å². The van der Waals surface area contributed by atoms with Gasteiger partial charge in [0.1, 0.15) is 5.84 Å². The molecule has 0 heterocycles. The molecule has 0 atom stereocenters. The molecule has 0 radical (unpaired) electrons. The molecular weight excluding hydrogens is 290 g/mol. The van der Waals surface area contributed by atoms with E-state index in [0.717, 1.165) is 28.2 Å². The zero-order chi connectivity index (χ0) is 13.1. The highest BCUT2D eigenvalue weighted by Crippen LogP contribution is 2.29. The monoisotopic (exact) mass is 309 g/mol. The molecule has 0 unspecified atom stereocenters. The highest BCUT2D eigenvalue weighted by atomic mass is 79.9. The van der Waals surface area contributed by atoms with Crippen LogP contribution in [0, 0.1) is 11.3 Å². The van der Waals surface area contributed by atoms with Crippen LogP contribution in [0.1, 0.15) is 31.2 Å². The lowest BCUT2D eigenvalue weighted by atomic mass is 10.1. The number of hydrogen-bond acceptors (Lipinski definition) is 2. The van der Waals surface area contributed by atoms with Crippen LogP contribution in [-0.2, 0) is 0 Å². The summed E-state index contributed by atoms with van der Waals surface area (Å²) in [5.74, 6) is 0.921. The Morgan fingerprint density at radius 1 is 1.44 bits per heavy atom. The average Bonchev–Trinajstić information content (AvgIpc) is 2.81. The van der Waals surface area contributed by atoms with Gasteiger partial charge < -0.3 is 10.6 Å². The lowest BCUT2D eigenvalue weighted by molar-refractivity contribution is 0.547. The molecule has 1 aliphatic rings. The number of nitrogens with zero attached hydrogens (tertiary/aromatic N) is 1. The van der Waals surface area contributed by atoms with Crippen molar-refractivity contribution < 1.29 is 0 Å². The van der Waals surface area contributed by atoms with E-state index >= 15 is 0 Å². The molecule has 2 rings (SSSR count). The Balaban J connectivity index is 2.19. The third-order valence-electron chi connectivity index (χ3n) is 3.67. The maximum atomic E-state index is 7.66. The number of amidine groups is 1. The smallest absolute Gasteiger partial charge is 0.124 e. The van der Waals surface area contributed by atoms with Crippen molar-refractivity contribution in [1.82, 2.24) is 0 Å². The molecule has 1 aromatic rings. The van der Waals surface area contributed by atoms with E-state index in [1.807, 2.05) is 18.2 Å². The van der Waals surface area contributed by atoms with Gasteiger partial charge >= 0.3 is 0 Å². The Morgan fingerprint density at radius 3 is 2.72 bits per heavy atom. The van der Waals surface area contributed by atoms with Crippen molar-refractivity contribution in [1.29, 1.82) is 5.41 Å². The molecule has 0 aromatic heterocycles. The second kappa shape index (κ2) is 5.74. The van der Waals surface area contributed by atoms with Gasteiger partial charge in [0.15, 0.2) is 0 Å². The van der Waals surface area contributed by atoms with E-state index in [2.05, 4.69) is 27.9 Å². The highest BCUT2D eigenvalue weighted by molar-refractivity contribution is 9.10. The molecule has 1 aromatic carbocycles. The summed E-state index contributed by atoms with van der Waals surface area (Å²) < 4.78 is 1.03.